The Morgan fingerprint density at radius 2 is 1.71 bits per heavy atom. The number of sulfonamides is 1. The van der Waals surface area contributed by atoms with Gasteiger partial charge in [-0.3, -0.25) is 14.9 Å². The Labute approximate surface area is 243 Å². The second-order valence-corrected chi connectivity index (χ2v) is 11.5. The predicted octanol–water partition coefficient (Wildman–Crippen LogP) is 3.90. The molecule has 0 radical (unpaired) electrons. The van der Waals surface area contributed by atoms with Gasteiger partial charge in [0.15, 0.2) is 0 Å². The minimum atomic E-state index is -4.41. The number of nitro groups is 1. The van der Waals surface area contributed by atoms with E-state index >= 15 is 0 Å². The van der Waals surface area contributed by atoms with Crippen LogP contribution in [0.5, 0.6) is 5.75 Å². The number of carbonyl (C=O) groups excluding carboxylic acids is 1. The summed E-state index contributed by atoms with van der Waals surface area (Å²) in [5, 5.41) is 11.1. The Bertz CT molecular complexity index is 1720. The fourth-order valence-corrected chi connectivity index (χ4v) is 5.90. The van der Waals surface area contributed by atoms with E-state index in [0.717, 1.165) is 24.5 Å². The molecule has 5 rings (SSSR count). The third-order valence-electron chi connectivity index (χ3n) is 7.15. The molecule has 2 heterocycles. The first kappa shape index (κ1) is 28.7. The number of benzene rings is 3. The number of ether oxygens (including phenoxy) is 1. The molecular formula is C30H29N5O6S. The summed E-state index contributed by atoms with van der Waals surface area (Å²) in [4.78, 5) is 34.7. The average Bonchev–Trinajstić information content (AvgIpc) is 3.23. The molecule has 0 bridgehead atoms. The van der Waals surface area contributed by atoms with E-state index in [0.29, 0.717) is 43.3 Å². The molecule has 0 spiro atoms. The van der Waals surface area contributed by atoms with Gasteiger partial charge in [-0.2, -0.15) is 0 Å². The number of nitrogens with one attached hydrogen (secondary N) is 1. The molecule has 0 fully saturated rings. The van der Waals surface area contributed by atoms with Crippen molar-refractivity contribution >= 4 is 27.6 Å². The largest absolute Gasteiger partial charge is 0.497 e. The number of amides is 1. The Kier molecular flexibility index (Phi) is 8.43. The van der Waals surface area contributed by atoms with Gasteiger partial charge in [-0.15, -0.1) is 0 Å². The topological polar surface area (TPSA) is 145 Å². The number of carbonyl (C=O) groups is 1. The number of aromatic nitrogens is 2. The molecule has 1 aliphatic rings. The molecule has 1 aromatic heterocycles. The zero-order chi connectivity index (χ0) is 29.7. The lowest BCUT2D eigenvalue weighted by atomic mass is 10.0. The highest BCUT2D eigenvalue weighted by Gasteiger charge is 2.25. The van der Waals surface area contributed by atoms with Crippen LogP contribution in [0.15, 0.2) is 83.9 Å². The number of hydrogen-bond acceptors (Lipinski definition) is 9. The highest BCUT2D eigenvalue weighted by atomic mass is 32.2. The number of anilines is 1. The van der Waals surface area contributed by atoms with Gasteiger partial charge < -0.3 is 9.64 Å². The number of rotatable bonds is 9. The van der Waals surface area contributed by atoms with Gasteiger partial charge in [0.1, 0.15) is 5.75 Å². The normalized spacial score (nSPS) is 13.1. The summed E-state index contributed by atoms with van der Waals surface area (Å²) < 4.78 is 33.3. The number of methoxy groups -OCH3 is 1. The van der Waals surface area contributed by atoms with Gasteiger partial charge in [0, 0.05) is 31.4 Å². The van der Waals surface area contributed by atoms with E-state index in [1.165, 1.54) is 35.5 Å². The Balaban J connectivity index is 1.43. The predicted molar refractivity (Wildman–Crippen MR) is 156 cm³/mol. The summed E-state index contributed by atoms with van der Waals surface area (Å²) in [5.74, 6) is 0.236. The van der Waals surface area contributed by atoms with E-state index in [1.807, 2.05) is 41.1 Å². The van der Waals surface area contributed by atoms with Crippen molar-refractivity contribution in [1.82, 2.24) is 14.7 Å². The SMILES string of the molecule is COc1cccc(CCc2nc(N3CCc4ccccc4CC3)ncc2C(=O)NS(=O)(=O)c2cccc([N+](=O)[O-])c2)c1. The standard InChI is InChI=1S/C30H29N5O6S/c1-41-25-10-4-6-21(18-25)12-13-28-27(29(36)33-42(39,40)26-11-5-9-24(19-26)35(37)38)20-31-30(32-28)34-16-14-22-7-2-3-8-23(22)15-17-34/h2-11,18-20H,12-17H2,1H3,(H,33,36). The van der Waals surface area contributed by atoms with E-state index in [-0.39, 0.29) is 5.56 Å². The molecule has 3 aromatic carbocycles. The maximum atomic E-state index is 13.3. The molecule has 42 heavy (non-hydrogen) atoms. The number of fused-ring (bicyclic) bond motifs is 1. The number of aryl methyl sites for hydroxylation is 2. The lowest BCUT2D eigenvalue weighted by Gasteiger charge is -2.21. The summed E-state index contributed by atoms with van der Waals surface area (Å²) in [6, 6.07) is 20.3. The minimum absolute atomic E-state index is 0.00811. The maximum absolute atomic E-state index is 13.3. The molecule has 0 saturated carbocycles. The molecule has 11 nitrogen and oxygen atoms in total. The zero-order valence-corrected chi connectivity index (χ0v) is 23.7. The Morgan fingerprint density at radius 3 is 2.40 bits per heavy atom. The molecule has 4 aromatic rings. The third-order valence-corrected chi connectivity index (χ3v) is 8.48. The number of non-ortho nitro benzene ring substituents is 1. The molecule has 0 unspecified atom stereocenters. The molecule has 0 saturated heterocycles. The van der Waals surface area contributed by atoms with Gasteiger partial charge >= 0.3 is 0 Å². The van der Waals surface area contributed by atoms with Crippen molar-refractivity contribution < 1.29 is 22.9 Å². The van der Waals surface area contributed by atoms with Gasteiger partial charge in [0.2, 0.25) is 5.95 Å². The fraction of sp³-hybridized carbons (Fsp3) is 0.233. The monoisotopic (exact) mass is 587 g/mol. The highest BCUT2D eigenvalue weighted by molar-refractivity contribution is 7.90. The van der Waals surface area contributed by atoms with Gasteiger partial charge in [-0.1, -0.05) is 42.5 Å². The Morgan fingerprint density at radius 1 is 1.00 bits per heavy atom. The average molecular weight is 588 g/mol. The van der Waals surface area contributed by atoms with Crippen molar-refractivity contribution in [3.05, 3.63) is 117 Å². The number of hydrogen-bond donors (Lipinski definition) is 1. The van der Waals surface area contributed by atoms with Crippen molar-refractivity contribution in [3.8, 4) is 5.75 Å². The first-order chi connectivity index (χ1) is 20.2. The molecular weight excluding hydrogens is 558 g/mol. The second kappa shape index (κ2) is 12.4. The van der Waals surface area contributed by atoms with Crippen LogP contribution in [0.25, 0.3) is 0 Å². The van der Waals surface area contributed by atoms with Gasteiger partial charge in [-0.05, 0) is 60.6 Å². The summed E-state index contributed by atoms with van der Waals surface area (Å²) in [5.41, 5.74) is 3.50. The minimum Gasteiger partial charge on any atom is -0.497 e. The molecule has 12 heteroatoms. The van der Waals surface area contributed by atoms with Crippen LogP contribution in [0, 0.1) is 10.1 Å². The van der Waals surface area contributed by atoms with Crippen LogP contribution in [0.4, 0.5) is 11.6 Å². The van der Waals surface area contributed by atoms with Crippen LogP contribution in [0.1, 0.15) is 32.7 Å². The molecule has 0 atom stereocenters. The van der Waals surface area contributed by atoms with Crippen LogP contribution >= 0.6 is 0 Å². The summed E-state index contributed by atoms with van der Waals surface area (Å²) >= 11 is 0. The molecule has 216 valence electrons. The first-order valence-corrected chi connectivity index (χ1v) is 14.8. The van der Waals surface area contributed by atoms with Gasteiger partial charge in [-0.25, -0.2) is 23.1 Å². The lowest BCUT2D eigenvalue weighted by Crippen LogP contribution is -2.33. The van der Waals surface area contributed by atoms with E-state index in [9.17, 15) is 23.3 Å². The lowest BCUT2D eigenvalue weighted by molar-refractivity contribution is -0.385. The van der Waals surface area contributed by atoms with Gasteiger partial charge in [0.05, 0.1) is 28.2 Å². The van der Waals surface area contributed by atoms with E-state index in [4.69, 9.17) is 9.72 Å². The third kappa shape index (κ3) is 6.55. The van der Waals surface area contributed by atoms with Crippen molar-refractivity contribution in [1.29, 1.82) is 0 Å². The van der Waals surface area contributed by atoms with E-state index in [2.05, 4.69) is 22.0 Å². The molecule has 1 amide bonds. The van der Waals surface area contributed by atoms with Crippen LogP contribution in [-0.2, 0) is 35.7 Å². The fourth-order valence-electron chi connectivity index (χ4n) is 4.90. The van der Waals surface area contributed by atoms with Crippen molar-refractivity contribution in [2.75, 3.05) is 25.1 Å². The number of nitro benzene ring substituents is 1. The van der Waals surface area contributed by atoms with E-state index in [1.54, 1.807) is 7.11 Å². The van der Waals surface area contributed by atoms with Crippen molar-refractivity contribution in [2.45, 2.75) is 30.6 Å². The van der Waals surface area contributed by atoms with Crippen LogP contribution in [0.3, 0.4) is 0 Å². The zero-order valence-electron chi connectivity index (χ0n) is 22.9. The highest BCUT2D eigenvalue weighted by Crippen LogP contribution is 2.22. The van der Waals surface area contributed by atoms with Crippen molar-refractivity contribution in [3.63, 3.8) is 0 Å². The van der Waals surface area contributed by atoms with Crippen LogP contribution in [0.2, 0.25) is 0 Å². The summed E-state index contributed by atoms with van der Waals surface area (Å²) in [6.07, 6.45) is 3.83. The maximum Gasteiger partial charge on any atom is 0.270 e. The van der Waals surface area contributed by atoms with Crippen LogP contribution in [-0.4, -0.2) is 49.4 Å². The molecule has 1 aliphatic heterocycles. The van der Waals surface area contributed by atoms with Crippen molar-refractivity contribution in [2.24, 2.45) is 0 Å². The van der Waals surface area contributed by atoms with E-state index < -0.39 is 31.4 Å². The quantitative estimate of drug-likeness (QED) is 0.228. The second-order valence-electron chi connectivity index (χ2n) is 9.83. The molecule has 1 N–H and O–H groups in total. The summed E-state index contributed by atoms with van der Waals surface area (Å²) in [7, 11) is -2.83. The smallest absolute Gasteiger partial charge is 0.270 e. The summed E-state index contributed by atoms with van der Waals surface area (Å²) in [6.45, 7) is 1.39. The van der Waals surface area contributed by atoms with Crippen LogP contribution < -0.4 is 14.4 Å². The molecule has 0 aliphatic carbocycles. The Hall–Kier alpha value is -4.84. The number of nitrogens with zero attached hydrogens (tertiary/aromatic N) is 4. The first-order valence-electron chi connectivity index (χ1n) is 13.4. The van der Waals surface area contributed by atoms with Gasteiger partial charge in [0.25, 0.3) is 21.6 Å².